The Morgan fingerprint density at radius 1 is 1.07 bits per heavy atom. The normalized spacial score (nSPS) is 9.89. The summed E-state index contributed by atoms with van der Waals surface area (Å²) >= 11 is 0. The third-order valence-electron chi connectivity index (χ3n) is 3.71. The molecule has 1 aromatic heterocycles. The lowest BCUT2D eigenvalue weighted by Gasteiger charge is -2.10. The summed E-state index contributed by atoms with van der Waals surface area (Å²) in [5.41, 5.74) is 2.98. The molecule has 0 bridgehead atoms. The minimum atomic E-state index is -0.177. The molecule has 0 aliphatic carbocycles. The fourth-order valence-corrected chi connectivity index (χ4v) is 2.36. The van der Waals surface area contributed by atoms with Crippen LogP contribution in [0, 0.1) is 11.3 Å². The van der Waals surface area contributed by atoms with Crippen molar-refractivity contribution in [1.29, 1.82) is 5.26 Å². The van der Waals surface area contributed by atoms with E-state index >= 15 is 0 Å². The largest absolute Gasteiger partial charge is 0.489 e. The summed E-state index contributed by atoms with van der Waals surface area (Å²) in [6.45, 7) is 0.526. The van der Waals surface area contributed by atoms with E-state index in [1.807, 2.05) is 24.3 Å². The van der Waals surface area contributed by atoms with E-state index < -0.39 is 0 Å². The number of nitrogens with one attached hydrogen (secondary N) is 2. The van der Waals surface area contributed by atoms with Crippen LogP contribution in [0.5, 0.6) is 5.75 Å². The highest BCUT2D eigenvalue weighted by Gasteiger charge is 2.04. The Bertz CT molecular complexity index is 934. The zero-order chi connectivity index (χ0) is 18.9. The standard InChI is InChI=1S/C21H18N4O2/c22-12-16-6-8-18(9-7-16)24-14-21(26)25-19-4-1-5-20(11-19)27-15-17-3-2-10-23-13-17/h1-11,13,24H,14-15H2,(H,25,26). The minimum Gasteiger partial charge on any atom is -0.489 e. The maximum atomic E-state index is 12.1. The number of aromatic nitrogens is 1. The Labute approximate surface area is 157 Å². The monoisotopic (exact) mass is 358 g/mol. The second-order valence-corrected chi connectivity index (χ2v) is 5.77. The average molecular weight is 358 g/mol. The Hall–Kier alpha value is -3.85. The van der Waals surface area contributed by atoms with Gasteiger partial charge in [0.05, 0.1) is 18.2 Å². The van der Waals surface area contributed by atoms with Crippen molar-refractivity contribution in [1.82, 2.24) is 4.98 Å². The van der Waals surface area contributed by atoms with Gasteiger partial charge in [-0.15, -0.1) is 0 Å². The van der Waals surface area contributed by atoms with Crippen LogP contribution in [-0.2, 0) is 11.4 Å². The molecule has 6 nitrogen and oxygen atoms in total. The number of nitriles is 1. The molecule has 3 rings (SSSR count). The lowest BCUT2D eigenvalue weighted by molar-refractivity contribution is -0.114. The molecule has 6 heteroatoms. The smallest absolute Gasteiger partial charge is 0.243 e. The molecule has 27 heavy (non-hydrogen) atoms. The maximum absolute atomic E-state index is 12.1. The zero-order valence-electron chi connectivity index (χ0n) is 14.6. The molecule has 1 heterocycles. The molecular weight excluding hydrogens is 340 g/mol. The van der Waals surface area contributed by atoms with Crippen molar-refractivity contribution in [3.05, 3.63) is 84.2 Å². The van der Waals surface area contributed by atoms with E-state index in [2.05, 4.69) is 21.7 Å². The summed E-state index contributed by atoms with van der Waals surface area (Å²) in [5, 5.41) is 14.6. The predicted octanol–water partition coefficient (Wildman–Crippen LogP) is 3.58. The molecular formula is C21H18N4O2. The van der Waals surface area contributed by atoms with Gasteiger partial charge < -0.3 is 15.4 Å². The van der Waals surface area contributed by atoms with Crippen LogP contribution in [-0.4, -0.2) is 17.4 Å². The van der Waals surface area contributed by atoms with Crippen LogP contribution in [0.2, 0.25) is 0 Å². The van der Waals surface area contributed by atoms with Crippen LogP contribution in [0.3, 0.4) is 0 Å². The van der Waals surface area contributed by atoms with E-state index in [4.69, 9.17) is 10.00 Å². The van der Waals surface area contributed by atoms with Crippen molar-refractivity contribution >= 4 is 17.3 Å². The van der Waals surface area contributed by atoms with Crippen molar-refractivity contribution in [2.45, 2.75) is 6.61 Å². The molecule has 134 valence electrons. The molecule has 0 aliphatic rings. The second kappa shape index (κ2) is 9.02. The van der Waals surface area contributed by atoms with Gasteiger partial charge in [-0.2, -0.15) is 5.26 Å². The SMILES string of the molecule is N#Cc1ccc(NCC(=O)Nc2cccc(OCc3cccnc3)c2)cc1. The van der Waals surface area contributed by atoms with Crippen molar-refractivity contribution in [2.75, 3.05) is 17.2 Å². The van der Waals surface area contributed by atoms with Crippen LogP contribution in [0.4, 0.5) is 11.4 Å². The lowest BCUT2D eigenvalue weighted by Crippen LogP contribution is -2.21. The Balaban J connectivity index is 1.50. The van der Waals surface area contributed by atoms with Crippen molar-refractivity contribution < 1.29 is 9.53 Å². The first kappa shape index (κ1) is 18.0. The number of pyridine rings is 1. The van der Waals surface area contributed by atoms with Gasteiger partial charge in [0.1, 0.15) is 12.4 Å². The van der Waals surface area contributed by atoms with Crippen LogP contribution in [0.25, 0.3) is 0 Å². The number of carbonyl (C=O) groups is 1. The highest BCUT2D eigenvalue weighted by atomic mass is 16.5. The molecule has 0 spiro atoms. The number of ether oxygens (including phenoxy) is 1. The van der Waals surface area contributed by atoms with Crippen molar-refractivity contribution in [3.8, 4) is 11.8 Å². The Morgan fingerprint density at radius 3 is 2.67 bits per heavy atom. The second-order valence-electron chi connectivity index (χ2n) is 5.77. The first-order chi connectivity index (χ1) is 13.2. The van der Waals surface area contributed by atoms with Gasteiger partial charge in [0.25, 0.3) is 0 Å². The van der Waals surface area contributed by atoms with Gasteiger partial charge in [-0.25, -0.2) is 0 Å². The number of amides is 1. The molecule has 0 saturated heterocycles. The van der Waals surface area contributed by atoms with E-state index in [9.17, 15) is 4.79 Å². The predicted molar refractivity (Wildman–Crippen MR) is 103 cm³/mol. The highest BCUT2D eigenvalue weighted by Crippen LogP contribution is 2.18. The van der Waals surface area contributed by atoms with E-state index in [0.29, 0.717) is 23.6 Å². The summed E-state index contributed by atoms with van der Waals surface area (Å²) in [5.74, 6) is 0.487. The number of rotatable bonds is 7. The third kappa shape index (κ3) is 5.58. The zero-order valence-corrected chi connectivity index (χ0v) is 14.6. The van der Waals surface area contributed by atoms with Gasteiger partial charge in [0.2, 0.25) is 5.91 Å². The molecule has 0 aliphatic heterocycles. The van der Waals surface area contributed by atoms with Gasteiger partial charge in [-0.1, -0.05) is 12.1 Å². The van der Waals surface area contributed by atoms with Gasteiger partial charge in [0, 0.05) is 35.4 Å². The molecule has 2 aromatic carbocycles. The van der Waals surface area contributed by atoms with Crippen LogP contribution < -0.4 is 15.4 Å². The van der Waals surface area contributed by atoms with Gasteiger partial charge >= 0.3 is 0 Å². The topological polar surface area (TPSA) is 87.0 Å². The average Bonchev–Trinajstić information content (AvgIpc) is 2.72. The van der Waals surface area contributed by atoms with E-state index in [1.165, 1.54) is 0 Å². The van der Waals surface area contributed by atoms with Gasteiger partial charge in [-0.05, 0) is 42.5 Å². The molecule has 0 atom stereocenters. The van der Waals surface area contributed by atoms with Crippen molar-refractivity contribution in [2.24, 2.45) is 0 Å². The number of hydrogen-bond donors (Lipinski definition) is 2. The third-order valence-corrected chi connectivity index (χ3v) is 3.71. The van der Waals surface area contributed by atoms with Gasteiger partial charge in [-0.3, -0.25) is 9.78 Å². The molecule has 1 amide bonds. The van der Waals surface area contributed by atoms with Crippen LogP contribution >= 0.6 is 0 Å². The minimum absolute atomic E-state index is 0.118. The van der Waals surface area contributed by atoms with E-state index in [0.717, 1.165) is 11.3 Å². The van der Waals surface area contributed by atoms with Crippen LogP contribution in [0.1, 0.15) is 11.1 Å². The number of anilines is 2. The van der Waals surface area contributed by atoms with E-state index in [1.54, 1.807) is 48.8 Å². The molecule has 0 saturated carbocycles. The fraction of sp³-hybridized carbons (Fsp3) is 0.0952. The summed E-state index contributed by atoms with van der Waals surface area (Å²) in [6, 6.07) is 20.0. The van der Waals surface area contributed by atoms with Gasteiger partial charge in [0.15, 0.2) is 0 Å². The first-order valence-electron chi connectivity index (χ1n) is 8.38. The van der Waals surface area contributed by atoms with Crippen molar-refractivity contribution in [3.63, 3.8) is 0 Å². The Kier molecular flexibility index (Phi) is 6.00. The number of nitrogens with zero attached hydrogens (tertiary/aromatic N) is 2. The summed E-state index contributed by atoms with van der Waals surface area (Å²) in [7, 11) is 0. The fourth-order valence-electron chi connectivity index (χ4n) is 2.36. The summed E-state index contributed by atoms with van der Waals surface area (Å²) in [4.78, 5) is 16.2. The molecule has 2 N–H and O–H groups in total. The highest BCUT2D eigenvalue weighted by molar-refractivity contribution is 5.93. The lowest BCUT2D eigenvalue weighted by atomic mass is 10.2. The quantitative estimate of drug-likeness (QED) is 0.674. The Morgan fingerprint density at radius 2 is 1.93 bits per heavy atom. The molecule has 3 aromatic rings. The maximum Gasteiger partial charge on any atom is 0.243 e. The van der Waals surface area contributed by atoms with E-state index in [-0.39, 0.29) is 12.5 Å². The molecule has 0 unspecified atom stereocenters. The first-order valence-corrected chi connectivity index (χ1v) is 8.38. The number of benzene rings is 2. The number of carbonyl (C=O) groups excluding carboxylic acids is 1. The molecule has 0 radical (unpaired) electrons. The molecule has 0 fully saturated rings. The van der Waals surface area contributed by atoms with Crippen LogP contribution in [0.15, 0.2) is 73.1 Å². The summed E-state index contributed by atoms with van der Waals surface area (Å²) < 4.78 is 5.73. The number of hydrogen-bond acceptors (Lipinski definition) is 5. The summed E-state index contributed by atoms with van der Waals surface area (Å²) in [6.07, 6.45) is 3.46.